The van der Waals surface area contributed by atoms with Crippen LogP contribution in [-0.4, -0.2) is 5.78 Å². The molecule has 0 atom stereocenters. The lowest BCUT2D eigenvalue weighted by molar-refractivity contribution is 0.0991. The van der Waals surface area contributed by atoms with E-state index >= 15 is 0 Å². The minimum Gasteiger partial charge on any atom is -0.294 e. The zero-order valence-corrected chi connectivity index (χ0v) is 12.8. The van der Waals surface area contributed by atoms with Crippen molar-refractivity contribution in [3.05, 3.63) is 68.1 Å². The minimum absolute atomic E-state index is 0.000394. The molecule has 0 heterocycles. The molecular formula is C14H8Br2F2O. The van der Waals surface area contributed by atoms with E-state index < -0.39 is 11.6 Å². The summed E-state index contributed by atoms with van der Waals surface area (Å²) in [4.78, 5) is 12.1. The summed E-state index contributed by atoms with van der Waals surface area (Å²) >= 11 is 6.31. The summed E-state index contributed by atoms with van der Waals surface area (Å²) in [5.41, 5.74) is 0.775. The molecule has 0 bridgehead atoms. The maximum Gasteiger partial charge on any atom is 0.168 e. The highest BCUT2D eigenvalue weighted by molar-refractivity contribution is 9.10. The molecule has 1 nitrogen and oxygen atoms in total. The molecule has 0 N–H and O–H groups in total. The van der Waals surface area contributed by atoms with Gasteiger partial charge in [0.1, 0.15) is 11.6 Å². The first kappa shape index (κ1) is 14.3. The van der Waals surface area contributed by atoms with Crippen LogP contribution in [0.4, 0.5) is 8.78 Å². The molecule has 0 fully saturated rings. The standard InChI is InChI=1S/C14H8Br2F2O/c15-11-5-4-9(17)6-8(11)7-13(19)10-2-1-3-12(18)14(10)16/h1-6H,7H2. The van der Waals surface area contributed by atoms with Gasteiger partial charge in [0, 0.05) is 16.5 Å². The third kappa shape index (κ3) is 3.28. The molecule has 19 heavy (non-hydrogen) atoms. The molecule has 0 aliphatic rings. The van der Waals surface area contributed by atoms with E-state index in [-0.39, 0.29) is 22.2 Å². The van der Waals surface area contributed by atoms with Gasteiger partial charge in [-0.15, -0.1) is 0 Å². The number of halogens is 4. The summed E-state index contributed by atoms with van der Waals surface area (Å²) in [5, 5.41) is 0. The van der Waals surface area contributed by atoms with Gasteiger partial charge in [0.25, 0.3) is 0 Å². The van der Waals surface area contributed by atoms with Gasteiger partial charge in [-0.2, -0.15) is 0 Å². The highest BCUT2D eigenvalue weighted by atomic mass is 79.9. The quantitative estimate of drug-likeness (QED) is 0.681. The third-order valence-electron chi connectivity index (χ3n) is 2.61. The Labute approximate surface area is 125 Å². The Morgan fingerprint density at radius 1 is 1.11 bits per heavy atom. The van der Waals surface area contributed by atoms with Gasteiger partial charge in [-0.1, -0.05) is 28.1 Å². The van der Waals surface area contributed by atoms with Gasteiger partial charge < -0.3 is 0 Å². The molecule has 0 aromatic heterocycles. The second-order valence-corrected chi connectivity index (χ2v) is 5.58. The molecule has 2 aromatic rings. The SMILES string of the molecule is O=C(Cc1cc(F)ccc1Br)c1cccc(F)c1Br. The van der Waals surface area contributed by atoms with Crippen molar-refractivity contribution in [2.24, 2.45) is 0 Å². The lowest BCUT2D eigenvalue weighted by atomic mass is 10.0. The first-order valence-corrected chi connectivity index (χ1v) is 6.99. The van der Waals surface area contributed by atoms with Crippen LogP contribution in [0.1, 0.15) is 15.9 Å². The van der Waals surface area contributed by atoms with Crippen molar-refractivity contribution in [2.75, 3.05) is 0 Å². The number of Topliss-reactive ketones (excluding diaryl/α,β-unsaturated/α-hetero) is 1. The molecule has 0 aliphatic carbocycles. The van der Waals surface area contributed by atoms with Crippen LogP contribution in [0.15, 0.2) is 45.3 Å². The van der Waals surface area contributed by atoms with Crippen molar-refractivity contribution < 1.29 is 13.6 Å². The normalized spacial score (nSPS) is 10.5. The highest BCUT2D eigenvalue weighted by Crippen LogP contribution is 2.24. The number of benzene rings is 2. The fourth-order valence-corrected chi connectivity index (χ4v) is 2.54. The number of ketones is 1. The van der Waals surface area contributed by atoms with Crippen LogP contribution in [0, 0.1) is 11.6 Å². The van der Waals surface area contributed by atoms with Gasteiger partial charge in [0.2, 0.25) is 0 Å². The van der Waals surface area contributed by atoms with Crippen LogP contribution in [-0.2, 0) is 6.42 Å². The molecule has 0 aliphatic heterocycles. The zero-order chi connectivity index (χ0) is 14.0. The highest BCUT2D eigenvalue weighted by Gasteiger charge is 2.15. The summed E-state index contributed by atoms with van der Waals surface area (Å²) in [6, 6.07) is 8.39. The van der Waals surface area contributed by atoms with Crippen LogP contribution in [0.2, 0.25) is 0 Å². The summed E-state index contributed by atoms with van der Waals surface area (Å²) in [6.45, 7) is 0. The smallest absolute Gasteiger partial charge is 0.168 e. The van der Waals surface area contributed by atoms with Gasteiger partial charge in [-0.25, -0.2) is 8.78 Å². The number of hydrogen-bond donors (Lipinski definition) is 0. The van der Waals surface area contributed by atoms with E-state index in [0.717, 1.165) is 0 Å². The van der Waals surface area contributed by atoms with Crippen LogP contribution < -0.4 is 0 Å². The average Bonchev–Trinajstić information content (AvgIpc) is 2.37. The van der Waals surface area contributed by atoms with Crippen LogP contribution in [0.5, 0.6) is 0 Å². The zero-order valence-electron chi connectivity index (χ0n) is 9.59. The molecule has 2 rings (SSSR count). The number of carbonyl (C=O) groups is 1. The first-order valence-electron chi connectivity index (χ1n) is 5.40. The molecule has 0 radical (unpaired) electrons. The Balaban J connectivity index is 2.31. The van der Waals surface area contributed by atoms with Gasteiger partial charge in [0.05, 0.1) is 4.47 Å². The predicted octanol–water partition coefficient (Wildman–Crippen LogP) is 4.92. The molecular weight excluding hydrogens is 382 g/mol. The molecule has 2 aromatic carbocycles. The maximum atomic E-state index is 13.4. The molecule has 0 spiro atoms. The van der Waals surface area contributed by atoms with Crippen molar-refractivity contribution in [1.82, 2.24) is 0 Å². The monoisotopic (exact) mass is 388 g/mol. The van der Waals surface area contributed by atoms with Gasteiger partial charge in [-0.3, -0.25) is 4.79 Å². The largest absolute Gasteiger partial charge is 0.294 e. The van der Waals surface area contributed by atoms with Gasteiger partial charge in [-0.05, 0) is 45.8 Å². The summed E-state index contributed by atoms with van der Waals surface area (Å²) in [5.74, 6) is -1.19. The Kier molecular flexibility index (Phi) is 4.47. The summed E-state index contributed by atoms with van der Waals surface area (Å²) in [7, 11) is 0. The second kappa shape index (κ2) is 5.92. The van der Waals surface area contributed by atoms with E-state index in [4.69, 9.17) is 0 Å². The molecule has 0 saturated heterocycles. The molecule has 0 amide bonds. The topological polar surface area (TPSA) is 17.1 Å². The lowest BCUT2D eigenvalue weighted by Gasteiger charge is -2.06. The Bertz CT molecular complexity index is 641. The van der Waals surface area contributed by atoms with E-state index in [1.165, 1.54) is 30.3 Å². The van der Waals surface area contributed by atoms with Crippen LogP contribution >= 0.6 is 31.9 Å². The number of carbonyl (C=O) groups excluding carboxylic acids is 1. The third-order valence-corrected chi connectivity index (χ3v) is 4.19. The molecule has 98 valence electrons. The van der Waals surface area contributed by atoms with Crippen molar-refractivity contribution in [1.29, 1.82) is 0 Å². The van der Waals surface area contributed by atoms with E-state index in [1.54, 1.807) is 6.07 Å². The molecule has 5 heteroatoms. The number of rotatable bonds is 3. The Morgan fingerprint density at radius 2 is 1.84 bits per heavy atom. The number of hydrogen-bond acceptors (Lipinski definition) is 1. The fourth-order valence-electron chi connectivity index (χ4n) is 1.67. The van der Waals surface area contributed by atoms with Crippen molar-refractivity contribution in [3.8, 4) is 0 Å². The van der Waals surface area contributed by atoms with Crippen LogP contribution in [0.25, 0.3) is 0 Å². The van der Waals surface area contributed by atoms with E-state index in [9.17, 15) is 13.6 Å². The van der Waals surface area contributed by atoms with Crippen molar-refractivity contribution >= 4 is 37.6 Å². The summed E-state index contributed by atoms with van der Waals surface area (Å²) < 4.78 is 27.3. The van der Waals surface area contributed by atoms with E-state index in [0.29, 0.717) is 10.0 Å². The second-order valence-electron chi connectivity index (χ2n) is 3.94. The van der Waals surface area contributed by atoms with Crippen molar-refractivity contribution in [3.63, 3.8) is 0 Å². The fraction of sp³-hybridized carbons (Fsp3) is 0.0714. The Hall–Kier alpha value is -1.07. The first-order chi connectivity index (χ1) is 8.99. The lowest BCUT2D eigenvalue weighted by Crippen LogP contribution is -2.06. The van der Waals surface area contributed by atoms with Gasteiger partial charge in [0.15, 0.2) is 5.78 Å². The predicted molar refractivity (Wildman–Crippen MR) is 76.2 cm³/mol. The van der Waals surface area contributed by atoms with Crippen LogP contribution in [0.3, 0.4) is 0 Å². The molecule has 0 saturated carbocycles. The minimum atomic E-state index is -0.496. The van der Waals surface area contributed by atoms with E-state index in [1.807, 2.05) is 0 Å². The van der Waals surface area contributed by atoms with Gasteiger partial charge >= 0.3 is 0 Å². The maximum absolute atomic E-state index is 13.4. The van der Waals surface area contributed by atoms with Crippen molar-refractivity contribution in [2.45, 2.75) is 6.42 Å². The van der Waals surface area contributed by atoms with E-state index in [2.05, 4.69) is 31.9 Å². The average molecular weight is 390 g/mol. The Morgan fingerprint density at radius 3 is 2.58 bits per heavy atom. The summed E-state index contributed by atoms with van der Waals surface area (Å²) in [6.07, 6.45) is 0.000394. The molecule has 0 unspecified atom stereocenters.